The number of fused-ring (bicyclic) bond motifs is 1. The van der Waals surface area contributed by atoms with Gasteiger partial charge in [0, 0.05) is 61.9 Å². The van der Waals surface area contributed by atoms with Crippen molar-refractivity contribution in [2.45, 2.75) is 71.1 Å². The van der Waals surface area contributed by atoms with Crippen molar-refractivity contribution < 1.29 is 4.79 Å². The molecule has 2 aliphatic heterocycles. The molecule has 46 heavy (non-hydrogen) atoms. The van der Waals surface area contributed by atoms with E-state index in [9.17, 15) is 10.1 Å². The molecule has 6 rings (SSSR count). The lowest BCUT2D eigenvalue weighted by molar-refractivity contribution is -0.135. The fraction of sp³-hybridized carbons (Fsp3) is 0.421. The van der Waals surface area contributed by atoms with Gasteiger partial charge in [-0.05, 0) is 118 Å². The average Bonchev–Trinajstić information content (AvgIpc) is 3.73. The maximum Gasteiger partial charge on any atom is 0.232 e. The quantitative estimate of drug-likeness (QED) is 0.106. The molecule has 1 amide bonds. The zero-order chi connectivity index (χ0) is 32.3. The van der Waals surface area contributed by atoms with Crippen LogP contribution in [0.1, 0.15) is 73.3 Å². The van der Waals surface area contributed by atoms with Crippen LogP contribution in [0, 0.1) is 25.3 Å². The highest BCUT2D eigenvalue weighted by Gasteiger charge is 2.36. The minimum absolute atomic E-state index is 0.204. The monoisotopic (exact) mass is 615 g/mol. The first-order valence-corrected chi connectivity index (χ1v) is 16.6. The number of nitrogens with one attached hydrogen (secondary N) is 2. The Kier molecular flexibility index (Phi) is 9.12. The van der Waals surface area contributed by atoms with Gasteiger partial charge in [0.25, 0.3) is 0 Å². The Bertz CT molecular complexity index is 1760. The predicted molar refractivity (Wildman–Crippen MR) is 185 cm³/mol. The second-order valence-electron chi connectivity index (χ2n) is 13.5. The molecule has 8 heteroatoms. The predicted octanol–water partition coefficient (Wildman–Crippen LogP) is 6.60. The molecule has 0 spiro atoms. The van der Waals surface area contributed by atoms with Crippen LogP contribution in [0.5, 0.6) is 0 Å². The second-order valence-corrected chi connectivity index (χ2v) is 13.5. The molecule has 0 radical (unpaired) electrons. The number of hydrogen-bond acceptors (Lipinski definition) is 4. The number of benzene rings is 2. The van der Waals surface area contributed by atoms with Gasteiger partial charge in [-0.1, -0.05) is 23.3 Å². The number of aromatic nitrogens is 2. The summed E-state index contributed by atoms with van der Waals surface area (Å²) in [5.74, 6) is 1.04. The number of hydrogen-bond donors (Lipinski definition) is 2. The van der Waals surface area contributed by atoms with Crippen LogP contribution in [-0.2, 0) is 16.6 Å². The number of aliphatic imine (C=N–C) groups is 1. The van der Waals surface area contributed by atoms with Crippen LogP contribution in [0.15, 0.2) is 65.9 Å². The number of nitriles is 1. The zero-order valence-corrected chi connectivity index (χ0v) is 27.6. The molecular weight excluding hydrogens is 570 g/mol. The van der Waals surface area contributed by atoms with Gasteiger partial charge in [0.15, 0.2) is 6.19 Å². The lowest BCUT2D eigenvalue weighted by Gasteiger charge is -2.35. The smallest absolute Gasteiger partial charge is 0.232 e. The summed E-state index contributed by atoms with van der Waals surface area (Å²) in [6.45, 7) is 12.3. The van der Waals surface area contributed by atoms with Gasteiger partial charge in [0.1, 0.15) is 0 Å². The van der Waals surface area contributed by atoms with Gasteiger partial charge in [-0.15, -0.1) is 0 Å². The van der Waals surface area contributed by atoms with E-state index in [0.29, 0.717) is 12.5 Å². The molecule has 2 fully saturated rings. The van der Waals surface area contributed by atoms with E-state index < -0.39 is 5.41 Å². The maximum absolute atomic E-state index is 13.7. The van der Waals surface area contributed by atoms with Crippen molar-refractivity contribution in [1.82, 2.24) is 25.1 Å². The standard InChI is InChI=1S/C38H45N7O/c1-26-20-27(2)22-30(21-26)35-34(32-23-31(9-10-33(32)43-35)38(3,4)36(46)44-17-5-6-18-44)29-8-7-19-45(24-29)37(42-25-39)41-16-13-28-11-14-40-15-12-28/h9-12,14-15,20-23,29,43H,5-8,13,16-19,24H2,1-4H3,(H,41,42). The van der Waals surface area contributed by atoms with Gasteiger partial charge in [0.2, 0.25) is 11.9 Å². The van der Waals surface area contributed by atoms with E-state index in [2.05, 4.69) is 90.5 Å². The molecule has 8 nitrogen and oxygen atoms in total. The van der Waals surface area contributed by atoms with Crippen LogP contribution in [-0.4, -0.2) is 64.4 Å². The lowest BCUT2D eigenvalue weighted by Crippen LogP contribution is -2.45. The van der Waals surface area contributed by atoms with Crippen LogP contribution in [0.2, 0.25) is 0 Å². The van der Waals surface area contributed by atoms with Crippen molar-refractivity contribution in [3.63, 3.8) is 0 Å². The first-order chi connectivity index (χ1) is 22.2. The molecule has 1 unspecified atom stereocenters. The summed E-state index contributed by atoms with van der Waals surface area (Å²) in [4.78, 5) is 30.7. The van der Waals surface area contributed by atoms with Gasteiger partial charge in [-0.3, -0.25) is 20.1 Å². The summed E-state index contributed by atoms with van der Waals surface area (Å²) in [6.07, 6.45) is 10.7. The molecule has 2 N–H and O–H groups in total. The van der Waals surface area contributed by atoms with E-state index in [1.807, 2.05) is 17.0 Å². The number of piperidine rings is 1. The van der Waals surface area contributed by atoms with E-state index in [1.165, 1.54) is 33.2 Å². The fourth-order valence-corrected chi connectivity index (χ4v) is 7.33. The molecule has 2 aromatic heterocycles. The fourth-order valence-electron chi connectivity index (χ4n) is 7.33. The molecule has 0 bridgehead atoms. The third-order valence-corrected chi connectivity index (χ3v) is 9.71. The van der Waals surface area contributed by atoms with Gasteiger partial charge >= 0.3 is 0 Å². The van der Waals surface area contributed by atoms with Crippen molar-refractivity contribution >= 4 is 22.8 Å². The van der Waals surface area contributed by atoms with E-state index in [-0.39, 0.29) is 11.8 Å². The molecule has 0 saturated carbocycles. The minimum Gasteiger partial charge on any atom is -0.354 e. The number of H-pyrrole nitrogens is 1. The first kappa shape index (κ1) is 31.3. The number of pyridine rings is 1. The number of carbonyl (C=O) groups is 1. The number of guanidine groups is 1. The van der Waals surface area contributed by atoms with E-state index in [1.54, 1.807) is 12.4 Å². The number of likely N-dealkylation sites (tertiary alicyclic amines) is 2. The lowest BCUT2D eigenvalue weighted by atomic mass is 9.81. The highest BCUT2D eigenvalue weighted by atomic mass is 16.2. The third kappa shape index (κ3) is 6.50. The summed E-state index contributed by atoms with van der Waals surface area (Å²) >= 11 is 0. The average molecular weight is 616 g/mol. The summed E-state index contributed by atoms with van der Waals surface area (Å²) in [6, 6.07) is 17.3. The third-order valence-electron chi connectivity index (χ3n) is 9.71. The van der Waals surface area contributed by atoms with E-state index in [0.717, 1.165) is 75.1 Å². The normalized spacial score (nSPS) is 17.4. The molecule has 4 heterocycles. The zero-order valence-electron chi connectivity index (χ0n) is 27.6. The summed E-state index contributed by atoms with van der Waals surface area (Å²) in [7, 11) is 0. The van der Waals surface area contributed by atoms with Gasteiger partial charge < -0.3 is 14.8 Å². The molecule has 2 aromatic carbocycles. The van der Waals surface area contributed by atoms with Gasteiger partial charge in [-0.25, -0.2) is 0 Å². The number of rotatable bonds is 7. The van der Waals surface area contributed by atoms with Crippen molar-refractivity contribution in [2.24, 2.45) is 4.99 Å². The Morgan fingerprint density at radius 1 is 1.02 bits per heavy atom. The molecule has 238 valence electrons. The van der Waals surface area contributed by atoms with Crippen LogP contribution in [0.25, 0.3) is 22.2 Å². The number of aryl methyl sites for hydroxylation is 2. The van der Waals surface area contributed by atoms with E-state index in [4.69, 9.17) is 4.99 Å². The van der Waals surface area contributed by atoms with Gasteiger partial charge in [-0.2, -0.15) is 5.26 Å². The SMILES string of the molecule is Cc1cc(C)cc(-c2[nH]c3ccc(C(C)(C)C(=O)N4CCCC4)cc3c2C2CCCN(C(=NCCc3ccncc3)NC#N)C2)c1. The Morgan fingerprint density at radius 2 is 1.74 bits per heavy atom. The summed E-state index contributed by atoms with van der Waals surface area (Å²) in [5, 5.41) is 13.7. The highest BCUT2D eigenvalue weighted by molar-refractivity contribution is 5.95. The van der Waals surface area contributed by atoms with Gasteiger partial charge in [0.05, 0.1) is 11.1 Å². The Balaban J connectivity index is 1.38. The molecule has 4 aromatic rings. The molecule has 0 aliphatic carbocycles. The summed E-state index contributed by atoms with van der Waals surface area (Å²) < 4.78 is 0. The molecule has 2 saturated heterocycles. The summed E-state index contributed by atoms with van der Waals surface area (Å²) in [5.41, 5.74) is 8.72. The second kappa shape index (κ2) is 13.4. The largest absolute Gasteiger partial charge is 0.354 e. The van der Waals surface area contributed by atoms with Crippen molar-refractivity contribution in [3.05, 3.63) is 88.7 Å². The topological polar surface area (TPSA) is 100 Å². The Hall–Kier alpha value is -4.64. The van der Waals surface area contributed by atoms with Crippen LogP contribution in [0.3, 0.4) is 0 Å². The van der Waals surface area contributed by atoms with E-state index >= 15 is 0 Å². The Morgan fingerprint density at radius 3 is 2.46 bits per heavy atom. The van der Waals surface area contributed by atoms with Crippen LogP contribution in [0.4, 0.5) is 0 Å². The first-order valence-electron chi connectivity index (χ1n) is 16.6. The van der Waals surface area contributed by atoms with Crippen LogP contribution < -0.4 is 5.32 Å². The minimum atomic E-state index is -0.628. The van der Waals surface area contributed by atoms with Crippen LogP contribution >= 0.6 is 0 Å². The number of carbonyl (C=O) groups excluding carboxylic acids is 1. The van der Waals surface area contributed by atoms with Crippen molar-refractivity contribution in [2.75, 3.05) is 32.7 Å². The number of amides is 1. The molecular formula is C38H45N7O. The Labute approximate surface area is 272 Å². The number of aromatic amines is 1. The van der Waals surface area contributed by atoms with Crippen molar-refractivity contribution in [3.8, 4) is 17.5 Å². The number of nitrogens with zero attached hydrogens (tertiary/aromatic N) is 5. The highest BCUT2D eigenvalue weighted by Crippen LogP contribution is 2.42. The maximum atomic E-state index is 13.7. The van der Waals surface area contributed by atoms with Crippen molar-refractivity contribution in [1.29, 1.82) is 5.26 Å². The molecule has 1 atom stereocenters. The molecule has 2 aliphatic rings.